The number of benzene rings is 3. The molecule has 3 aromatic rings. The average molecular weight is 403 g/mol. The molecule has 0 bridgehead atoms. The van der Waals surface area contributed by atoms with E-state index in [2.05, 4.69) is 5.32 Å². The fourth-order valence-electron chi connectivity index (χ4n) is 3.15. The highest BCUT2D eigenvalue weighted by Crippen LogP contribution is 2.33. The lowest BCUT2D eigenvalue weighted by Crippen LogP contribution is -2.45. The van der Waals surface area contributed by atoms with Crippen molar-refractivity contribution >= 4 is 17.6 Å². The van der Waals surface area contributed by atoms with Crippen LogP contribution in [0.25, 0.3) is 0 Å². The van der Waals surface area contributed by atoms with E-state index in [1.54, 1.807) is 49.4 Å². The van der Waals surface area contributed by atoms with Crippen molar-refractivity contribution in [1.82, 2.24) is 0 Å². The lowest BCUT2D eigenvalue weighted by atomic mass is 10.1. The van der Waals surface area contributed by atoms with Crippen molar-refractivity contribution in [2.45, 2.75) is 26.1 Å². The van der Waals surface area contributed by atoms with E-state index in [1.165, 1.54) is 0 Å². The van der Waals surface area contributed by atoms with Crippen LogP contribution in [0.15, 0.2) is 72.8 Å². The number of anilines is 1. The topological polar surface area (TPSA) is 73.9 Å². The smallest absolute Gasteiger partial charge is 0.356 e. The first-order valence-corrected chi connectivity index (χ1v) is 9.62. The Kier molecular flexibility index (Phi) is 5.39. The van der Waals surface area contributed by atoms with E-state index in [1.807, 2.05) is 37.3 Å². The zero-order valence-corrected chi connectivity index (χ0v) is 16.6. The van der Waals surface area contributed by atoms with Crippen LogP contribution in [-0.4, -0.2) is 24.1 Å². The summed E-state index contributed by atoms with van der Waals surface area (Å²) >= 11 is 0. The molecule has 2 atom stereocenters. The van der Waals surface area contributed by atoms with Gasteiger partial charge in [-0.15, -0.1) is 0 Å². The predicted octanol–water partition coefficient (Wildman–Crippen LogP) is 4.38. The number of esters is 1. The Morgan fingerprint density at radius 2 is 1.60 bits per heavy atom. The zero-order valence-electron chi connectivity index (χ0n) is 16.6. The fourth-order valence-corrected chi connectivity index (χ4v) is 3.15. The van der Waals surface area contributed by atoms with E-state index in [4.69, 9.17) is 14.2 Å². The summed E-state index contributed by atoms with van der Waals surface area (Å²) in [6, 6.07) is 21.1. The van der Waals surface area contributed by atoms with Crippen molar-refractivity contribution in [3.05, 3.63) is 83.9 Å². The zero-order chi connectivity index (χ0) is 21.1. The lowest BCUT2D eigenvalue weighted by Gasteiger charge is -2.30. The summed E-state index contributed by atoms with van der Waals surface area (Å²) in [6.45, 7) is 3.69. The van der Waals surface area contributed by atoms with Gasteiger partial charge in [-0.1, -0.05) is 29.8 Å². The van der Waals surface area contributed by atoms with E-state index in [-0.39, 0.29) is 5.91 Å². The Labute approximate surface area is 174 Å². The number of rotatable bonds is 4. The molecule has 152 valence electrons. The molecule has 30 heavy (non-hydrogen) atoms. The summed E-state index contributed by atoms with van der Waals surface area (Å²) in [6.07, 6.45) is -1.36. The minimum absolute atomic E-state index is 0.205. The van der Waals surface area contributed by atoms with E-state index >= 15 is 0 Å². The molecule has 1 aliphatic heterocycles. The van der Waals surface area contributed by atoms with Crippen LogP contribution in [0.5, 0.6) is 17.2 Å². The van der Waals surface area contributed by atoms with Crippen LogP contribution < -0.4 is 19.5 Å². The van der Waals surface area contributed by atoms with Crippen molar-refractivity contribution in [3.8, 4) is 17.2 Å². The molecular formula is C24H21NO5. The minimum atomic E-state index is -0.874. The molecule has 1 amide bonds. The Hall–Kier alpha value is -3.80. The van der Waals surface area contributed by atoms with Gasteiger partial charge < -0.3 is 19.5 Å². The third kappa shape index (κ3) is 4.27. The number of carbonyl (C=O) groups excluding carboxylic acids is 2. The molecule has 0 saturated carbocycles. The Morgan fingerprint density at radius 1 is 0.900 bits per heavy atom. The van der Waals surface area contributed by atoms with Gasteiger partial charge in [0.1, 0.15) is 11.9 Å². The number of fused-ring (bicyclic) bond motifs is 1. The maximum absolute atomic E-state index is 12.6. The van der Waals surface area contributed by atoms with Gasteiger partial charge >= 0.3 is 5.97 Å². The second kappa shape index (κ2) is 8.29. The molecule has 0 unspecified atom stereocenters. The molecule has 1 N–H and O–H groups in total. The molecule has 0 aromatic heterocycles. The average Bonchev–Trinajstić information content (AvgIpc) is 2.74. The van der Waals surface area contributed by atoms with Gasteiger partial charge in [-0.25, -0.2) is 4.79 Å². The molecule has 0 fully saturated rings. The lowest BCUT2D eigenvalue weighted by molar-refractivity contribution is -0.147. The minimum Gasteiger partial charge on any atom is -0.482 e. The number of para-hydroxylation sites is 2. The highest BCUT2D eigenvalue weighted by atomic mass is 16.6. The summed E-state index contributed by atoms with van der Waals surface area (Å²) in [5.74, 6) is 0.704. The number of hydrogen-bond donors (Lipinski definition) is 1. The van der Waals surface area contributed by atoms with E-state index in [0.29, 0.717) is 28.5 Å². The second-order valence-corrected chi connectivity index (χ2v) is 7.08. The van der Waals surface area contributed by atoms with Gasteiger partial charge in [0.2, 0.25) is 6.10 Å². The quantitative estimate of drug-likeness (QED) is 0.517. The SMILES string of the molecule is Cc1cccc(C(=O)Nc2ccc(OC(=O)[C@@H]3Oc4ccccc4O[C@@H]3C)cc2)c1. The maximum Gasteiger partial charge on any atom is 0.356 e. The Bertz CT molecular complexity index is 1080. The van der Waals surface area contributed by atoms with Gasteiger partial charge in [-0.2, -0.15) is 0 Å². The molecule has 4 rings (SSSR count). The van der Waals surface area contributed by atoms with Crippen LogP contribution in [0.4, 0.5) is 5.69 Å². The van der Waals surface area contributed by atoms with Gasteiger partial charge in [0, 0.05) is 11.3 Å². The van der Waals surface area contributed by atoms with Crippen molar-refractivity contribution in [1.29, 1.82) is 0 Å². The normalized spacial score (nSPS) is 17.1. The van der Waals surface area contributed by atoms with Crippen LogP contribution >= 0.6 is 0 Å². The van der Waals surface area contributed by atoms with E-state index < -0.39 is 18.2 Å². The summed E-state index contributed by atoms with van der Waals surface area (Å²) in [5, 5.41) is 2.82. The van der Waals surface area contributed by atoms with Gasteiger partial charge in [0.05, 0.1) is 0 Å². The van der Waals surface area contributed by atoms with Crippen molar-refractivity contribution in [2.75, 3.05) is 5.32 Å². The molecule has 0 spiro atoms. The standard InChI is InChI=1S/C24H21NO5/c1-15-6-5-7-17(14-15)23(26)25-18-10-12-19(13-11-18)29-24(27)22-16(2)28-20-8-3-4-9-21(20)30-22/h3-14,16,22H,1-2H3,(H,25,26)/t16-,22-/m1/s1. The van der Waals surface area contributed by atoms with E-state index in [0.717, 1.165) is 5.56 Å². The molecule has 1 aliphatic rings. The molecular weight excluding hydrogens is 382 g/mol. The molecule has 0 aliphatic carbocycles. The van der Waals surface area contributed by atoms with Crippen molar-refractivity contribution in [3.63, 3.8) is 0 Å². The maximum atomic E-state index is 12.6. The van der Waals surface area contributed by atoms with Crippen LogP contribution in [0, 0.1) is 6.92 Å². The number of aryl methyl sites for hydroxylation is 1. The van der Waals surface area contributed by atoms with Crippen LogP contribution in [0.2, 0.25) is 0 Å². The van der Waals surface area contributed by atoms with E-state index in [9.17, 15) is 9.59 Å². The summed E-state index contributed by atoms with van der Waals surface area (Å²) < 4.78 is 16.9. The Balaban J connectivity index is 1.39. The third-order valence-electron chi connectivity index (χ3n) is 4.69. The Morgan fingerprint density at radius 3 is 2.30 bits per heavy atom. The van der Waals surface area contributed by atoms with Gasteiger partial charge in [-0.05, 0) is 62.4 Å². The van der Waals surface area contributed by atoms with Gasteiger partial charge in [0.25, 0.3) is 5.91 Å². The molecule has 6 heteroatoms. The van der Waals surface area contributed by atoms with Gasteiger partial charge in [0.15, 0.2) is 11.5 Å². The van der Waals surface area contributed by atoms with Crippen LogP contribution in [0.1, 0.15) is 22.8 Å². The number of nitrogens with one attached hydrogen (secondary N) is 1. The first-order valence-electron chi connectivity index (χ1n) is 9.62. The second-order valence-electron chi connectivity index (χ2n) is 7.08. The number of amides is 1. The fraction of sp³-hybridized carbons (Fsp3) is 0.167. The number of ether oxygens (including phenoxy) is 3. The van der Waals surface area contributed by atoms with Crippen molar-refractivity contribution < 1.29 is 23.8 Å². The highest BCUT2D eigenvalue weighted by Gasteiger charge is 2.35. The molecule has 6 nitrogen and oxygen atoms in total. The van der Waals surface area contributed by atoms with Crippen LogP contribution in [-0.2, 0) is 4.79 Å². The predicted molar refractivity (Wildman–Crippen MR) is 112 cm³/mol. The third-order valence-corrected chi connectivity index (χ3v) is 4.69. The van der Waals surface area contributed by atoms with Gasteiger partial charge in [-0.3, -0.25) is 4.79 Å². The molecule has 3 aromatic carbocycles. The molecule has 1 heterocycles. The molecule has 0 radical (unpaired) electrons. The van der Waals surface area contributed by atoms with Crippen LogP contribution in [0.3, 0.4) is 0 Å². The number of carbonyl (C=O) groups is 2. The first kappa shape index (κ1) is 19.5. The molecule has 0 saturated heterocycles. The largest absolute Gasteiger partial charge is 0.482 e. The van der Waals surface area contributed by atoms with Crippen molar-refractivity contribution in [2.24, 2.45) is 0 Å². The highest BCUT2D eigenvalue weighted by molar-refractivity contribution is 6.04. The summed E-state index contributed by atoms with van der Waals surface area (Å²) in [5.41, 5.74) is 2.19. The first-order chi connectivity index (χ1) is 14.5. The monoisotopic (exact) mass is 403 g/mol. The number of hydrogen-bond acceptors (Lipinski definition) is 5. The summed E-state index contributed by atoms with van der Waals surface area (Å²) in [4.78, 5) is 24.9. The summed E-state index contributed by atoms with van der Waals surface area (Å²) in [7, 11) is 0.